The highest BCUT2D eigenvalue weighted by molar-refractivity contribution is 7.91. The van der Waals surface area contributed by atoms with E-state index in [0.717, 1.165) is 16.5 Å². The Morgan fingerprint density at radius 1 is 1.24 bits per heavy atom. The van der Waals surface area contributed by atoms with Crippen LogP contribution in [0.1, 0.15) is 32.9 Å². The van der Waals surface area contributed by atoms with E-state index in [-0.39, 0.29) is 29.9 Å². The lowest BCUT2D eigenvalue weighted by Crippen LogP contribution is -2.31. The lowest BCUT2D eigenvalue weighted by Gasteiger charge is -2.19. The molecule has 1 aliphatic rings. The van der Waals surface area contributed by atoms with E-state index < -0.39 is 26.4 Å². The maximum Gasteiger partial charge on any atom is 0.312 e. The predicted molar refractivity (Wildman–Crippen MR) is 128 cm³/mol. The fourth-order valence-electron chi connectivity index (χ4n) is 3.83. The number of fused-ring (bicyclic) bond motifs is 1. The molecule has 1 aromatic carbocycles. The second kappa shape index (κ2) is 9.00. The van der Waals surface area contributed by atoms with Crippen molar-refractivity contribution in [3.05, 3.63) is 48.3 Å². The van der Waals surface area contributed by atoms with Crippen molar-refractivity contribution in [3.63, 3.8) is 0 Å². The van der Waals surface area contributed by atoms with Gasteiger partial charge in [0.15, 0.2) is 9.84 Å². The molecule has 0 saturated carbocycles. The van der Waals surface area contributed by atoms with Crippen LogP contribution < -0.4 is 4.72 Å². The zero-order valence-corrected chi connectivity index (χ0v) is 20.4. The molecule has 0 spiro atoms. The number of hydrogen-bond donors (Lipinski definition) is 2. The van der Waals surface area contributed by atoms with Crippen LogP contribution in [-0.4, -0.2) is 51.7 Å². The molecule has 3 heterocycles. The summed E-state index contributed by atoms with van der Waals surface area (Å²) in [7, 11) is -4.53. The van der Waals surface area contributed by atoms with Crippen LogP contribution in [0.15, 0.2) is 47.5 Å². The minimum atomic E-state index is -3.04. The van der Waals surface area contributed by atoms with Crippen LogP contribution in [0.3, 0.4) is 0 Å². The normalized spacial score (nSPS) is 18.9. The number of pyridine rings is 1. The van der Waals surface area contributed by atoms with Crippen LogP contribution in [0.5, 0.6) is 0 Å². The molecule has 2 aromatic heterocycles. The zero-order valence-electron chi connectivity index (χ0n) is 18.8. The largest absolute Gasteiger partial charge is 0.460 e. The Hall–Kier alpha value is -2.56. The van der Waals surface area contributed by atoms with E-state index in [9.17, 15) is 17.4 Å². The van der Waals surface area contributed by atoms with Crippen LogP contribution in [0.2, 0.25) is 0 Å². The third kappa shape index (κ3) is 5.87. The van der Waals surface area contributed by atoms with Gasteiger partial charge in [0.25, 0.3) is 0 Å². The number of nitrogens with one attached hydrogen (secondary N) is 2. The number of benzene rings is 1. The third-order valence-electron chi connectivity index (χ3n) is 5.23. The van der Waals surface area contributed by atoms with Crippen molar-refractivity contribution >= 4 is 37.8 Å². The first-order chi connectivity index (χ1) is 15.5. The molecule has 2 atom stereocenters. The maximum atomic E-state index is 12.6. The van der Waals surface area contributed by atoms with Gasteiger partial charge < -0.3 is 9.72 Å². The minimum absolute atomic E-state index is 0.0188. The van der Waals surface area contributed by atoms with Crippen LogP contribution >= 0.6 is 0 Å². The Kier molecular flexibility index (Phi) is 6.43. The lowest BCUT2D eigenvalue weighted by molar-refractivity contribution is -0.153. The molecule has 1 saturated heterocycles. The van der Waals surface area contributed by atoms with E-state index >= 15 is 0 Å². The summed E-state index contributed by atoms with van der Waals surface area (Å²) in [6.45, 7) is 5.49. The van der Waals surface area contributed by atoms with Crippen LogP contribution in [0.25, 0.3) is 22.2 Å². The lowest BCUT2D eigenvalue weighted by atomic mass is 10.0. The average molecular weight is 490 g/mol. The quantitative estimate of drug-likeness (QED) is 0.514. The van der Waals surface area contributed by atoms with Crippen molar-refractivity contribution in [2.75, 3.05) is 11.5 Å². The van der Waals surface area contributed by atoms with Crippen molar-refractivity contribution in [3.8, 4) is 11.1 Å². The van der Waals surface area contributed by atoms with Crippen molar-refractivity contribution in [1.29, 1.82) is 0 Å². The molecule has 2 unspecified atom stereocenters. The predicted octanol–water partition coefficient (Wildman–Crippen LogP) is 2.91. The molecule has 10 heteroatoms. The van der Waals surface area contributed by atoms with Crippen molar-refractivity contribution in [2.45, 2.75) is 50.2 Å². The molecule has 0 bridgehead atoms. The Balaban J connectivity index is 1.51. The number of ether oxygens (including phenoxy) is 1. The summed E-state index contributed by atoms with van der Waals surface area (Å²) in [5.41, 5.74) is 2.68. The molecule has 1 fully saturated rings. The Morgan fingerprint density at radius 3 is 2.61 bits per heavy atom. The maximum absolute atomic E-state index is 12.6. The summed E-state index contributed by atoms with van der Waals surface area (Å²) in [5, 5.41) is 0.874. The fraction of sp³-hybridized carbons (Fsp3) is 0.391. The number of hydrogen-bond acceptors (Lipinski definition) is 6. The molecule has 1 aliphatic heterocycles. The summed E-state index contributed by atoms with van der Waals surface area (Å²) in [4.78, 5) is 20.3. The topological polar surface area (TPSA) is 118 Å². The van der Waals surface area contributed by atoms with Crippen molar-refractivity contribution < 1.29 is 22.2 Å². The van der Waals surface area contributed by atoms with Crippen LogP contribution in [0.4, 0.5) is 0 Å². The minimum Gasteiger partial charge on any atom is -0.460 e. The molecular formula is C23H27N3O5S2. The number of carbonyl (C=O) groups excluding carboxylic acids is 1. The fourth-order valence-corrected chi connectivity index (χ4v) is 6.63. The SMILES string of the molecule is CC(C)(C)OC(=O)Cc1cc2c(-c3ccc(S(=O)NC4CCS(=O)(=O)C4)cc3)ccnc2[nH]1. The number of aromatic amines is 1. The van der Waals surface area contributed by atoms with Gasteiger partial charge in [0.05, 0.1) is 22.8 Å². The molecule has 176 valence electrons. The van der Waals surface area contributed by atoms with E-state index in [2.05, 4.69) is 14.7 Å². The third-order valence-corrected chi connectivity index (χ3v) is 8.24. The van der Waals surface area contributed by atoms with Gasteiger partial charge in [-0.15, -0.1) is 0 Å². The molecule has 0 radical (unpaired) electrons. The van der Waals surface area contributed by atoms with E-state index in [4.69, 9.17) is 4.74 Å². The van der Waals surface area contributed by atoms with E-state index in [0.29, 0.717) is 22.7 Å². The smallest absolute Gasteiger partial charge is 0.312 e. The molecule has 3 aromatic rings. The zero-order chi connectivity index (χ0) is 23.8. The second-order valence-electron chi connectivity index (χ2n) is 9.19. The number of rotatable bonds is 6. The van der Waals surface area contributed by atoms with Gasteiger partial charge in [0.2, 0.25) is 0 Å². The number of aromatic nitrogens is 2. The van der Waals surface area contributed by atoms with Gasteiger partial charge >= 0.3 is 5.97 Å². The van der Waals surface area contributed by atoms with Gasteiger partial charge in [-0.05, 0) is 62.6 Å². The summed E-state index contributed by atoms with van der Waals surface area (Å²) in [6, 6.07) is 10.8. The number of esters is 1. The average Bonchev–Trinajstić information content (AvgIpc) is 3.28. The van der Waals surface area contributed by atoms with E-state index in [1.54, 1.807) is 18.3 Å². The Bertz CT molecular complexity index is 1310. The van der Waals surface area contributed by atoms with Crippen LogP contribution in [0, 0.1) is 0 Å². The molecule has 2 N–H and O–H groups in total. The van der Waals surface area contributed by atoms with E-state index in [1.165, 1.54) is 0 Å². The first-order valence-electron chi connectivity index (χ1n) is 10.7. The monoisotopic (exact) mass is 489 g/mol. The van der Waals surface area contributed by atoms with Gasteiger partial charge in [-0.25, -0.2) is 22.3 Å². The van der Waals surface area contributed by atoms with Gasteiger partial charge in [-0.3, -0.25) is 4.79 Å². The number of nitrogens with zero attached hydrogens (tertiary/aromatic N) is 1. The van der Waals surface area contributed by atoms with Crippen molar-refractivity contribution in [2.24, 2.45) is 0 Å². The summed E-state index contributed by atoms with van der Waals surface area (Å²) < 4.78 is 44.2. The van der Waals surface area contributed by atoms with Gasteiger partial charge in [-0.2, -0.15) is 0 Å². The molecule has 0 amide bonds. The molecule has 0 aliphatic carbocycles. The highest BCUT2D eigenvalue weighted by Gasteiger charge is 2.29. The van der Waals surface area contributed by atoms with Gasteiger partial charge in [-0.1, -0.05) is 12.1 Å². The second-order valence-corrected chi connectivity index (χ2v) is 12.7. The Labute approximate surface area is 195 Å². The Morgan fingerprint density at radius 2 is 1.97 bits per heavy atom. The molecule has 4 rings (SSSR count). The number of H-pyrrole nitrogens is 1. The molecule has 33 heavy (non-hydrogen) atoms. The summed E-state index contributed by atoms with van der Waals surface area (Å²) in [6.07, 6.45) is 2.29. The highest BCUT2D eigenvalue weighted by atomic mass is 32.2. The number of carbonyl (C=O) groups is 1. The highest BCUT2D eigenvalue weighted by Crippen LogP contribution is 2.29. The molecule has 8 nitrogen and oxygen atoms in total. The van der Waals surface area contributed by atoms with Crippen molar-refractivity contribution in [1.82, 2.24) is 14.7 Å². The first kappa shape index (κ1) is 23.6. The molecular weight excluding hydrogens is 462 g/mol. The summed E-state index contributed by atoms with van der Waals surface area (Å²) >= 11 is 0. The standard InChI is InChI=1S/C23H27N3O5S2/c1-23(2,3)31-21(27)13-17-12-20-19(8-10-24-22(20)25-17)15-4-6-18(7-5-15)32(28)26-16-9-11-33(29,30)14-16/h4-8,10,12,16,26H,9,11,13-14H2,1-3H3,(H,24,25). The summed E-state index contributed by atoms with van der Waals surface area (Å²) in [5.74, 6) is -0.166. The first-order valence-corrected chi connectivity index (χ1v) is 13.6. The van der Waals surface area contributed by atoms with Gasteiger partial charge in [0, 0.05) is 23.3 Å². The van der Waals surface area contributed by atoms with Gasteiger partial charge in [0.1, 0.15) is 22.2 Å². The van der Waals surface area contributed by atoms with E-state index in [1.807, 2.05) is 45.0 Å². The van der Waals surface area contributed by atoms with Crippen LogP contribution in [-0.2, 0) is 36.8 Å². The number of sulfone groups is 1.